The molecule has 0 amide bonds. The zero-order valence-electron chi connectivity index (χ0n) is 13.0. The van der Waals surface area contributed by atoms with E-state index in [1.54, 1.807) is 0 Å². The predicted octanol–water partition coefficient (Wildman–Crippen LogP) is 3.33. The van der Waals surface area contributed by atoms with Gasteiger partial charge in [0.05, 0.1) is 10.5 Å². The molecule has 26 heavy (non-hydrogen) atoms. The number of hydrogen-bond donors (Lipinski definition) is 2. The fraction of sp³-hybridized carbons (Fsp3) is 0.188. The summed E-state index contributed by atoms with van der Waals surface area (Å²) in [6.45, 7) is 0. The average molecular weight is 408 g/mol. The van der Waals surface area contributed by atoms with Gasteiger partial charge in [-0.2, -0.15) is 17.9 Å². The number of benzene rings is 2. The lowest BCUT2D eigenvalue weighted by molar-refractivity contribution is -0.139. The van der Waals surface area contributed by atoms with Crippen LogP contribution in [-0.4, -0.2) is 25.5 Å². The Balaban J connectivity index is 2.27. The largest absolute Gasteiger partial charge is 0.480 e. The van der Waals surface area contributed by atoms with E-state index in [1.807, 2.05) is 4.72 Å². The zero-order valence-corrected chi connectivity index (χ0v) is 14.6. The number of halogens is 4. The minimum Gasteiger partial charge on any atom is -0.480 e. The van der Waals surface area contributed by atoms with E-state index in [9.17, 15) is 31.5 Å². The summed E-state index contributed by atoms with van der Waals surface area (Å²) in [6, 6.07) is 7.58. The number of nitrogens with one attached hydrogen (secondary N) is 1. The molecule has 0 radical (unpaired) electrons. The SMILES string of the molecule is O=C(O)C(Cc1ccc(Cl)cc1)NS(=O)(=O)c1cccc(C(F)(F)F)c1. The van der Waals surface area contributed by atoms with Gasteiger partial charge in [0.2, 0.25) is 10.0 Å². The monoisotopic (exact) mass is 407 g/mol. The van der Waals surface area contributed by atoms with E-state index in [2.05, 4.69) is 0 Å². The lowest BCUT2D eigenvalue weighted by atomic mass is 10.1. The summed E-state index contributed by atoms with van der Waals surface area (Å²) >= 11 is 5.73. The first kappa shape index (κ1) is 20.2. The van der Waals surface area contributed by atoms with E-state index in [0.717, 1.165) is 18.2 Å². The van der Waals surface area contributed by atoms with Gasteiger partial charge in [-0.1, -0.05) is 29.8 Å². The van der Waals surface area contributed by atoms with Crippen molar-refractivity contribution in [3.8, 4) is 0 Å². The highest BCUT2D eigenvalue weighted by atomic mass is 35.5. The quantitative estimate of drug-likeness (QED) is 0.769. The van der Waals surface area contributed by atoms with Gasteiger partial charge in [-0.25, -0.2) is 8.42 Å². The maximum atomic E-state index is 12.7. The molecule has 2 aromatic rings. The standard InChI is InChI=1S/C16H13ClF3NO4S/c17-12-6-4-10(5-7-12)8-14(15(22)23)21-26(24,25)13-3-1-2-11(9-13)16(18,19)20/h1-7,9,14,21H,8H2,(H,22,23). The number of aliphatic carboxylic acids is 1. The summed E-state index contributed by atoms with van der Waals surface area (Å²) in [4.78, 5) is 10.7. The molecule has 0 aliphatic carbocycles. The van der Waals surface area contributed by atoms with Crippen LogP contribution in [0.1, 0.15) is 11.1 Å². The van der Waals surface area contributed by atoms with Crippen molar-refractivity contribution in [1.82, 2.24) is 4.72 Å². The van der Waals surface area contributed by atoms with Crippen LogP contribution in [0, 0.1) is 0 Å². The average Bonchev–Trinajstić information content (AvgIpc) is 2.55. The van der Waals surface area contributed by atoms with E-state index < -0.39 is 38.7 Å². The van der Waals surface area contributed by atoms with Crippen LogP contribution in [0.4, 0.5) is 13.2 Å². The van der Waals surface area contributed by atoms with Gasteiger partial charge in [0, 0.05) is 5.02 Å². The predicted molar refractivity (Wildman–Crippen MR) is 88.3 cm³/mol. The minimum atomic E-state index is -4.72. The summed E-state index contributed by atoms with van der Waals surface area (Å²) in [6.07, 6.45) is -4.92. The molecule has 0 saturated carbocycles. The Hall–Kier alpha value is -2.10. The molecule has 0 spiro atoms. The Morgan fingerprint density at radius 3 is 2.31 bits per heavy atom. The normalized spacial score (nSPS) is 13.4. The summed E-state index contributed by atoms with van der Waals surface area (Å²) in [5.74, 6) is -1.46. The van der Waals surface area contributed by atoms with Crippen molar-refractivity contribution in [1.29, 1.82) is 0 Å². The lowest BCUT2D eigenvalue weighted by Gasteiger charge is -2.16. The van der Waals surface area contributed by atoms with Crippen molar-refractivity contribution in [3.05, 3.63) is 64.7 Å². The molecule has 0 aliphatic rings. The van der Waals surface area contributed by atoms with Crippen molar-refractivity contribution in [2.45, 2.75) is 23.5 Å². The van der Waals surface area contributed by atoms with Crippen LogP contribution in [0.5, 0.6) is 0 Å². The van der Waals surface area contributed by atoms with Crippen LogP contribution in [0.3, 0.4) is 0 Å². The van der Waals surface area contributed by atoms with E-state index in [0.29, 0.717) is 16.7 Å². The highest BCUT2D eigenvalue weighted by Gasteiger charge is 2.32. The number of carboxylic acids is 1. The third-order valence-corrected chi connectivity index (χ3v) is 5.14. The molecular formula is C16H13ClF3NO4S. The Morgan fingerprint density at radius 2 is 1.77 bits per heavy atom. The van der Waals surface area contributed by atoms with Gasteiger partial charge in [-0.05, 0) is 42.3 Å². The van der Waals surface area contributed by atoms with Crippen molar-refractivity contribution in [3.63, 3.8) is 0 Å². The molecule has 0 aromatic heterocycles. The number of rotatable bonds is 6. The van der Waals surface area contributed by atoms with Crippen LogP contribution >= 0.6 is 11.6 Å². The fourth-order valence-corrected chi connectivity index (χ4v) is 3.49. The summed E-state index contributed by atoms with van der Waals surface area (Å²) in [7, 11) is -4.47. The number of carboxylic acid groups (broad SMARTS) is 1. The van der Waals surface area contributed by atoms with Crippen LogP contribution in [0.15, 0.2) is 53.4 Å². The molecule has 0 heterocycles. The Labute approximate surface area is 152 Å². The summed E-state index contributed by atoms with van der Waals surface area (Å²) < 4.78 is 64.8. The first-order valence-electron chi connectivity index (χ1n) is 7.16. The van der Waals surface area contributed by atoms with Gasteiger partial charge >= 0.3 is 12.1 Å². The number of alkyl halides is 3. The van der Waals surface area contributed by atoms with E-state index in [-0.39, 0.29) is 6.42 Å². The molecule has 2 aromatic carbocycles. The van der Waals surface area contributed by atoms with Gasteiger partial charge in [0.1, 0.15) is 6.04 Å². The summed E-state index contributed by atoms with van der Waals surface area (Å²) in [5, 5.41) is 9.67. The Kier molecular flexibility index (Phi) is 5.94. The van der Waals surface area contributed by atoms with Gasteiger partial charge in [-0.15, -0.1) is 0 Å². The van der Waals surface area contributed by atoms with E-state index in [4.69, 9.17) is 11.6 Å². The minimum absolute atomic E-state index is 0.204. The molecule has 10 heteroatoms. The molecule has 2 rings (SSSR count). The molecule has 140 valence electrons. The Morgan fingerprint density at radius 1 is 1.15 bits per heavy atom. The maximum absolute atomic E-state index is 12.7. The third-order valence-electron chi connectivity index (χ3n) is 3.42. The molecule has 0 aliphatic heterocycles. The second-order valence-electron chi connectivity index (χ2n) is 5.37. The molecular weight excluding hydrogens is 395 g/mol. The smallest absolute Gasteiger partial charge is 0.416 e. The van der Waals surface area contributed by atoms with Gasteiger partial charge in [0.25, 0.3) is 0 Å². The topological polar surface area (TPSA) is 83.5 Å². The highest BCUT2D eigenvalue weighted by Crippen LogP contribution is 2.30. The lowest BCUT2D eigenvalue weighted by Crippen LogP contribution is -2.42. The first-order chi connectivity index (χ1) is 12.0. The Bertz CT molecular complexity index is 898. The third kappa shape index (κ3) is 5.20. The molecule has 0 saturated heterocycles. The molecule has 5 nitrogen and oxygen atoms in total. The van der Waals surface area contributed by atoms with Gasteiger partial charge in [0.15, 0.2) is 0 Å². The van der Waals surface area contributed by atoms with Crippen LogP contribution < -0.4 is 4.72 Å². The zero-order chi connectivity index (χ0) is 19.5. The molecule has 1 unspecified atom stereocenters. The number of sulfonamides is 1. The maximum Gasteiger partial charge on any atom is 0.416 e. The molecule has 2 N–H and O–H groups in total. The number of carbonyl (C=O) groups is 1. The van der Waals surface area contributed by atoms with Crippen molar-refractivity contribution in [2.24, 2.45) is 0 Å². The van der Waals surface area contributed by atoms with Crippen LogP contribution in [0.2, 0.25) is 5.02 Å². The van der Waals surface area contributed by atoms with E-state index >= 15 is 0 Å². The van der Waals surface area contributed by atoms with Gasteiger partial charge < -0.3 is 5.11 Å². The molecule has 0 bridgehead atoms. The van der Waals surface area contributed by atoms with E-state index in [1.165, 1.54) is 24.3 Å². The van der Waals surface area contributed by atoms with Crippen molar-refractivity contribution in [2.75, 3.05) is 0 Å². The first-order valence-corrected chi connectivity index (χ1v) is 9.02. The van der Waals surface area contributed by atoms with Crippen LogP contribution in [-0.2, 0) is 27.4 Å². The highest BCUT2D eigenvalue weighted by molar-refractivity contribution is 7.89. The molecule has 1 atom stereocenters. The van der Waals surface area contributed by atoms with Gasteiger partial charge in [-0.3, -0.25) is 4.79 Å². The molecule has 0 fully saturated rings. The van der Waals surface area contributed by atoms with Crippen molar-refractivity contribution < 1.29 is 31.5 Å². The second-order valence-corrected chi connectivity index (χ2v) is 7.52. The van der Waals surface area contributed by atoms with Crippen molar-refractivity contribution >= 4 is 27.6 Å². The summed E-state index contributed by atoms with van der Waals surface area (Å²) in [5.41, 5.74) is -0.654. The fourth-order valence-electron chi connectivity index (χ4n) is 2.13. The number of hydrogen-bond acceptors (Lipinski definition) is 3. The van der Waals surface area contributed by atoms with Crippen LogP contribution in [0.25, 0.3) is 0 Å². The second kappa shape index (κ2) is 7.65.